The fraction of sp³-hybridized carbons (Fsp3) is 0.208. The lowest BCUT2D eigenvalue weighted by Gasteiger charge is -2.07. The highest BCUT2D eigenvalue weighted by Gasteiger charge is 2.16. The second-order valence-corrected chi connectivity index (χ2v) is 6.44. The molecule has 1 heterocycles. The molecule has 1 N–H and O–H groups in total. The normalized spacial score (nSPS) is 10.7. The molecule has 4 aromatic rings. The summed E-state index contributed by atoms with van der Waals surface area (Å²) in [5, 5.41) is 2.31. The van der Waals surface area contributed by atoms with E-state index in [4.69, 9.17) is 0 Å². The molecule has 2 nitrogen and oxygen atoms in total. The van der Waals surface area contributed by atoms with Crippen molar-refractivity contribution in [3.05, 3.63) is 71.3 Å². The molecule has 2 heteroatoms. The average Bonchev–Trinajstić information content (AvgIpc) is 3.01. The van der Waals surface area contributed by atoms with Crippen molar-refractivity contribution >= 4 is 27.6 Å². The lowest BCUT2D eigenvalue weighted by molar-refractivity contribution is 0.101. The molecular formula is C24H25NO. The van der Waals surface area contributed by atoms with Crippen molar-refractivity contribution in [1.29, 1.82) is 0 Å². The van der Waals surface area contributed by atoms with E-state index in [2.05, 4.69) is 49.2 Å². The van der Waals surface area contributed by atoms with E-state index < -0.39 is 0 Å². The van der Waals surface area contributed by atoms with Crippen molar-refractivity contribution in [3.63, 3.8) is 0 Å². The van der Waals surface area contributed by atoms with Crippen molar-refractivity contribution in [3.8, 4) is 11.1 Å². The lowest BCUT2D eigenvalue weighted by Crippen LogP contribution is -1.94. The maximum absolute atomic E-state index is 12.1. The molecule has 0 saturated heterocycles. The van der Waals surface area contributed by atoms with Gasteiger partial charge in [-0.1, -0.05) is 50.2 Å². The van der Waals surface area contributed by atoms with Crippen LogP contribution in [0.25, 0.3) is 32.9 Å². The third-order valence-corrected chi connectivity index (χ3v) is 4.83. The van der Waals surface area contributed by atoms with Crippen LogP contribution in [0.1, 0.15) is 42.3 Å². The summed E-state index contributed by atoms with van der Waals surface area (Å²) in [4.78, 5) is 15.6. The van der Waals surface area contributed by atoms with Crippen LogP contribution in [0, 0.1) is 13.8 Å². The topological polar surface area (TPSA) is 32.9 Å². The van der Waals surface area contributed by atoms with Crippen LogP contribution in [-0.2, 0) is 0 Å². The summed E-state index contributed by atoms with van der Waals surface area (Å²) in [5.74, 6) is 0.0830. The summed E-state index contributed by atoms with van der Waals surface area (Å²) in [6, 6.07) is 18.7. The van der Waals surface area contributed by atoms with Gasteiger partial charge in [-0.3, -0.25) is 4.79 Å². The zero-order chi connectivity index (χ0) is 18.8. The quantitative estimate of drug-likeness (QED) is 0.397. The van der Waals surface area contributed by atoms with E-state index in [1.807, 2.05) is 38.1 Å². The Hall–Kier alpha value is -2.87. The Morgan fingerprint density at radius 3 is 2.19 bits per heavy atom. The number of ketones is 1. The second kappa shape index (κ2) is 7.17. The molecular weight excluding hydrogens is 318 g/mol. The van der Waals surface area contributed by atoms with Gasteiger partial charge >= 0.3 is 0 Å². The molecule has 0 atom stereocenters. The van der Waals surface area contributed by atoms with E-state index in [1.165, 1.54) is 16.5 Å². The Morgan fingerprint density at radius 1 is 0.885 bits per heavy atom. The van der Waals surface area contributed by atoms with Crippen molar-refractivity contribution < 1.29 is 4.79 Å². The Bertz CT molecular complexity index is 1090. The van der Waals surface area contributed by atoms with Crippen LogP contribution in [0.2, 0.25) is 0 Å². The van der Waals surface area contributed by atoms with Gasteiger partial charge < -0.3 is 4.98 Å². The number of carbonyl (C=O) groups is 1. The van der Waals surface area contributed by atoms with Crippen molar-refractivity contribution in [2.75, 3.05) is 0 Å². The standard InChI is InChI=1S/C22H19NO.C2H6/c1-13-11-19-20(12-14(13)2)23-22-17(15(3)24)9-10-18(21(19)22)16-7-5-4-6-8-16;1-2/h4-12,23H,1-3H3;1-2H3. The summed E-state index contributed by atoms with van der Waals surface area (Å²) in [6.07, 6.45) is 0. The van der Waals surface area contributed by atoms with Gasteiger partial charge in [0.2, 0.25) is 0 Å². The third kappa shape index (κ3) is 2.92. The van der Waals surface area contributed by atoms with Gasteiger partial charge in [0.15, 0.2) is 5.78 Å². The number of H-pyrrole nitrogens is 1. The molecule has 132 valence electrons. The van der Waals surface area contributed by atoms with Gasteiger partial charge in [-0.05, 0) is 61.2 Å². The molecule has 0 aliphatic carbocycles. The first-order valence-corrected chi connectivity index (χ1v) is 9.18. The molecule has 0 saturated carbocycles. The van der Waals surface area contributed by atoms with Gasteiger partial charge in [0.1, 0.15) is 0 Å². The van der Waals surface area contributed by atoms with Crippen molar-refractivity contribution in [1.82, 2.24) is 4.98 Å². The minimum atomic E-state index is 0.0830. The summed E-state index contributed by atoms with van der Waals surface area (Å²) >= 11 is 0. The molecule has 0 bridgehead atoms. The number of hydrogen-bond acceptors (Lipinski definition) is 1. The molecule has 26 heavy (non-hydrogen) atoms. The average molecular weight is 343 g/mol. The predicted octanol–water partition coefficient (Wildman–Crippen LogP) is 6.83. The highest BCUT2D eigenvalue weighted by atomic mass is 16.1. The summed E-state index contributed by atoms with van der Waals surface area (Å²) < 4.78 is 0. The minimum Gasteiger partial charge on any atom is -0.354 e. The minimum absolute atomic E-state index is 0.0830. The smallest absolute Gasteiger partial charge is 0.161 e. The van der Waals surface area contributed by atoms with Crippen molar-refractivity contribution in [2.45, 2.75) is 34.6 Å². The number of fused-ring (bicyclic) bond motifs is 3. The third-order valence-electron chi connectivity index (χ3n) is 4.83. The molecule has 3 aromatic carbocycles. The maximum Gasteiger partial charge on any atom is 0.161 e. The second-order valence-electron chi connectivity index (χ2n) is 6.44. The summed E-state index contributed by atoms with van der Waals surface area (Å²) in [5.41, 5.74) is 7.59. The van der Waals surface area contributed by atoms with E-state index in [1.54, 1.807) is 6.92 Å². The number of benzene rings is 3. The highest BCUT2D eigenvalue weighted by Crippen LogP contribution is 2.37. The number of aromatic amines is 1. The van der Waals surface area contributed by atoms with Crippen LogP contribution in [0.5, 0.6) is 0 Å². The first kappa shape index (κ1) is 17.9. The number of aromatic nitrogens is 1. The van der Waals surface area contributed by atoms with Crippen molar-refractivity contribution in [2.24, 2.45) is 0 Å². The Labute approximate surface area is 154 Å². The van der Waals surface area contributed by atoms with Gasteiger partial charge in [0.25, 0.3) is 0 Å². The molecule has 0 aliphatic heterocycles. The van der Waals surface area contributed by atoms with Crippen LogP contribution in [0.3, 0.4) is 0 Å². The Kier molecular flexibility index (Phi) is 4.94. The SMILES string of the molecule is CC.CC(=O)c1ccc(-c2ccccc2)c2c1[nH]c1cc(C)c(C)cc12. The molecule has 0 radical (unpaired) electrons. The Morgan fingerprint density at radius 2 is 1.54 bits per heavy atom. The number of rotatable bonds is 2. The first-order chi connectivity index (χ1) is 12.6. The zero-order valence-electron chi connectivity index (χ0n) is 16.1. The molecule has 0 aliphatic rings. The van der Waals surface area contributed by atoms with E-state index >= 15 is 0 Å². The fourth-order valence-corrected chi connectivity index (χ4v) is 3.43. The van der Waals surface area contributed by atoms with E-state index in [0.29, 0.717) is 0 Å². The fourth-order valence-electron chi connectivity index (χ4n) is 3.43. The van der Waals surface area contributed by atoms with E-state index in [-0.39, 0.29) is 5.78 Å². The molecule has 0 spiro atoms. The molecule has 0 unspecified atom stereocenters. The lowest BCUT2D eigenvalue weighted by atomic mass is 9.95. The van der Waals surface area contributed by atoms with Crippen LogP contribution in [0.4, 0.5) is 0 Å². The largest absolute Gasteiger partial charge is 0.354 e. The number of carbonyl (C=O) groups excluding carboxylic acids is 1. The molecule has 0 amide bonds. The van der Waals surface area contributed by atoms with Crippen LogP contribution in [0.15, 0.2) is 54.6 Å². The molecule has 1 aromatic heterocycles. The number of nitrogens with one attached hydrogen (secondary N) is 1. The van der Waals surface area contributed by atoms with Gasteiger partial charge in [-0.2, -0.15) is 0 Å². The van der Waals surface area contributed by atoms with Gasteiger partial charge in [0, 0.05) is 21.9 Å². The van der Waals surface area contributed by atoms with Gasteiger partial charge in [0.05, 0.1) is 5.52 Å². The highest BCUT2D eigenvalue weighted by molar-refractivity contribution is 6.20. The van der Waals surface area contributed by atoms with Gasteiger partial charge in [-0.15, -0.1) is 0 Å². The predicted molar refractivity (Wildman–Crippen MR) is 112 cm³/mol. The molecule has 4 rings (SSSR count). The zero-order valence-corrected chi connectivity index (χ0v) is 16.1. The molecule has 0 fully saturated rings. The number of hydrogen-bond donors (Lipinski definition) is 1. The van der Waals surface area contributed by atoms with Crippen LogP contribution < -0.4 is 0 Å². The maximum atomic E-state index is 12.1. The summed E-state index contributed by atoms with van der Waals surface area (Å²) in [7, 11) is 0. The number of Topliss-reactive ketones (excluding diaryl/α,β-unsaturated/α-hetero) is 1. The van der Waals surface area contributed by atoms with Gasteiger partial charge in [-0.25, -0.2) is 0 Å². The van der Waals surface area contributed by atoms with E-state index in [0.717, 1.165) is 33.1 Å². The van der Waals surface area contributed by atoms with E-state index in [9.17, 15) is 4.79 Å². The Balaban J connectivity index is 0.000000948. The number of aryl methyl sites for hydroxylation is 2. The van der Waals surface area contributed by atoms with Crippen LogP contribution >= 0.6 is 0 Å². The monoisotopic (exact) mass is 343 g/mol. The summed E-state index contributed by atoms with van der Waals surface area (Å²) in [6.45, 7) is 9.87. The first-order valence-electron chi connectivity index (χ1n) is 9.18. The van der Waals surface area contributed by atoms with Crippen LogP contribution in [-0.4, -0.2) is 10.8 Å².